The van der Waals surface area contributed by atoms with Gasteiger partial charge in [0.15, 0.2) is 11.7 Å². The molecule has 6 nitrogen and oxygen atoms in total. The number of guanidine groups is 1. The van der Waals surface area contributed by atoms with Crippen LogP contribution in [0.3, 0.4) is 0 Å². The van der Waals surface area contributed by atoms with E-state index >= 15 is 0 Å². The number of hydrogen-bond donors (Lipinski definition) is 2. The van der Waals surface area contributed by atoms with Crippen LogP contribution in [0.4, 0.5) is 5.69 Å². The van der Waals surface area contributed by atoms with Gasteiger partial charge in [0.2, 0.25) is 0 Å². The number of nitrogens with one attached hydrogen (secondary N) is 2. The Labute approximate surface area is 208 Å². The van der Waals surface area contributed by atoms with Crippen LogP contribution in [0.1, 0.15) is 56.5 Å². The maximum Gasteiger partial charge on any atom is 0.191 e. The third-order valence-electron chi connectivity index (χ3n) is 5.49. The minimum absolute atomic E-state index is 0. The molecule has 1 aromatic carbocycles. The third kappa shape index (κ3) is 7.89. The van der Waals surface area contributed by atoms with E-state index in [4.69, 9.17) is 9.52 Å². The van der Waals surface area contributed by atoms with Gasteiger partial charge < -0.3 is 20.1 Å². The van der Waals surface area contributed by atoms with Crippen molar-refractivity contribution in [3.05, 3.63) is 47.3 Å². The molecule has 0 saturated carbocycles. The van der Waals surface area contributed by atoms with E-state index in [1.54, 1.807) is 0 Å². The van der Waals surface area contributed by atoms with Crippen molar-refractivity contribution in [1.29, 1.82) is 0 Å². The van der Waals surface area contributed by atoms with Gasteiger partial charge in [0.05, 0.1) is 18.8 Å². The molecule has 1 aliphatic rings. The topological polar surface area (TPSA) is 65.7 Å². The summed E-state index contributed by atoms with van der Waals surface area (Å²) in [5, 5.41) is 10.9. The van der Waals surface area contributed by atoms with Gasteiger partial charge in [-0.25, -0.2) is 4.99 Å². The van der Waals surface area contributed by atoms with Gasteiger partial charge in [-0.1, -0.05) is 31.1 Å². The number of hydrogen-bond acceptors (Lipinski definition) is 5. The number of aliphatic imine (C=N–C) groups is 1. The van der Waals surface area contributed by atoms with Crippen LogP contribution in [0, 0.1) is 0 Å². The molecule has 0 atom stereocenters. The predicted octanol–water partition coefficient (Wildman–Crippen LogP) is 5.00. The Balaban J connectivity index is 0.00000341. The summed E-state index contributed by atoms with van der Waals surface area (Å²) in [7, 11) is 0. The lowest BCUT2D eigenvalue weighted by Crippen LogP contribution is -2.36. The number of benzene rings is 1. The van der Waals surface area contributed by atoms with Gasteiger partial charge in [-0.2, -0.15) is 11.8 Å². The van der Waals surface area contributed by atoms with Gasteiger partial charge in [0, 0.05) is 48.8 Å². The van der Waals surface area contributed by atoms with Crippen LogP contribution in [0.2, 0.25) is 0 Å². The van der Waals surface area contributed by atoms with Crippen molar-refractivity contribution >= 4 is 47.4 Å². The Morgan fingerprint density at radius 2 is 1.84 bits per heavy atom. The first kappa shape index (κ1) is 25.8. The highest BCUT2D eigenvalue weighted by molar-refractivity contribution is 14.0. The molecule has 0 spiro atoms. The molecule has 2 aromatic rings. The van der Waals surface area contributed by atoms with Gasteiger partial charge in [-0.15, -0.1) is 24.0 Å². The fourth-order valence-electron chi connectivity index (χ4n) is 3.63. The second-order valence-electron chi connectivity index (χ2n) is 7.55. The van der Waals surface area contributed by atoms with Crippen molar-refractivity contribution in [3.63, 3.8) is 0 Å². The van der Waals surface area contributed by atoms with Crippen LogP contribution >= 0.6 is 35.7 Å². The number of thioether (sulfide) groups is 1. The highest BCUT2D eigenvalue weighted by atomic mass is 127. The Morgan fingerprint density at radius 3 is 2.48 bits per heavy atom. The molecule has 2 N–H and O–H groups in total. The minimum atomic E-state index is 0. The quantitative estimate of drug-likeness (QED) is 0.257. The zero-order valence-electron chi connectivity index (χ0n) is 18.9. The van der Waals surface area contributed by atoms with Gasteiger partial charge >= 0.3 is 0 Å². The summed E-state index contributed by atoms with van der Waals surface area (Å²) in [5.74, 6) is 4.53. The molecule has 0 radical (unpaired) electrons. The molecular formula is C23H36IN5OS. The van der Waals surface area contributed by atoms with E-state index in [0.717, 1.165) is 49.9 Å². The summed E-state index contributed by atoms with van der Waals surface area (Å²) in [6, 6.07) is 10.9. The molecule has 1 fully saturated rings. The van der Waals surface area contributed by atoms with Crippen LogP contribution < -0.4 is 15.5 Å². The monoisotopic (exact) mass is 557 g/mol. The predicted molar refractivity (Wildman–Crippen MR) is 143 cm³/mol. The van der Waals surface area contributed by atoms with Crippen molar-refractivity contribution < 1.29 is 4.52 Å². The van der Waals surface area contributed by atoms with Crippen molar-refractivity contribution in [1.82, 2.24) is 15.8 Å². The SMILES string of the molecule is CCNC(=NCc1ccc(N2CCSCC2)cc1)NCc1cc(C(CC)CC)no1.I. The number of aromatic nitrogens is 1. The summed E-state index contributed by atoms with van der Waals surface area (Å²) < 4.78 is 5.51. The highest BCUT2D eigenvalue weighted by Gasteiger charge is 2.13. The van der Waals surface area contributed by atoms with Crippen LogP contribution in [0.25, 0.3) is 0 Å². The van der Waals surface area contributed by atoms with Crippen LogP contribution in [-0.4, -0.2) is 42.3 Å². The number of rotatable bonds is 9. The van der Waals surface area contributed by atoms with Gasteiger partial charge in [0.25, 0.3) is 0 Å². The number of nitrogens with zero attached hydrogens (tertiary/aromatic N) is 3. The van der Waals surface area contributed by atoms with E-state index < -0.39 is 0 Å². The maximum atomic E-state index is 5.51. The molecule has 1 aliphatic heterocycles. The fourth-order valence-corrected chi connectivity index (χ4v) is 4.53. The van der Waals surface area contributed by atoms with Crippen molar-refractivity contribution in [2.75, 3.05) is 36.0 Å². The summed E-state index contributed by atoms with van der Waals surface area (Å²) in [6.45, 7) is 10.7. The molecule has 3 rings (SSSR count). The second-order valence-corrected chi connectivity index (χ2v) is 8.77. The van der Waals surface area contributed by atoms with Crippen LogP contribution in [0.5, 0.6) is 0 Å². The Hall–Kier alpha value is -1.42. The van der Waals surface area contributed by atoms with Crippen molar-refractivity contribution in [3.8, 4) is 0 Å². The Morgan fingerprint density at radius 1 is 1.13 bits per heavy atom. The first-order valence-electron chi connectivity index (χ1n) is 11.1. The molecule has 8 heteroatoms. The number of halogens is 1. The average Bonchev–Trinajstić information content (AvgIpc) is 3.26. The minimum Gasteiger partial charge on any atom is -0.370 e. The summed E-state index contributed by atoms with van der Waals surface area (Å²) >= 11 is 2.04. The molecule has 1 saturated heterocycles. The van der Waals surface area contributed by atoms with Gasteiger partial charge in [-0.05, 0) is 37.5 Å². The third-order valence-corrected chi connectivity index (χ3v) is 6.43. The molecule has 2 heterocycles. The molecule has 172 valence electrons. The normalized spacial score (nSPS) is 14.5. The molecule has 0 unspecified atom stereocenters. The molecular weight excluding hydrogens is 521 g/mol. The Kier molecular flexibility index (Phi) is 11.6. The standard InChI is InChI=1S/C23H35N5OS.HI/c1-4-19(5-2)22-15-21(29-27-22)17-26-23(24-6-3)25-16-18-7-9-20(10-8-18)28-11-13-30-14-12-28;/h7-10,15,19H,4-6,11-14,16-17H2,1-3H3,(H2,24,25,26);1H. The lowest BCUT2D eigenvalue weighted by Gasteiger charge is -2.28. The average molecular weight is 558 g/mol. The highest BCUT2D eigenvalue weighted by Crippen LogP contribution is 2.22. The van der Waals surface area contributed by atoms with E-state index in [1.807, 2.05) is 11.8 Å². The smallest absolute Gasteiger partial charge is 0.191 e. The van der Waals surface area contributed by atoms with E-state index in [2.05, 4.69) is 71.8 Å². The molecule has 0 aliphatic carbocycles. The number of anilines is 1. The first-order valence-corrected chi connectivity index (χ1v) is 12.3. The van der Waals surface area contributed by atoms with E-state index in [1.165, 1.54) is 22.8 Å². The lowest BCUT2D eigenvalue weighted by molar-refractivity contribution is 0.368. The van der Waals surface area contributed by atoms with Crippen molar-refractivity contribution in [2.45, 2.75) is 52.6 Å². The van der Waals surface area contributed by atoms with Crippen LogP contribution in [0.15, 0.2) is 39.8 Å². The Bertz CT molecular complexity index is 786. The van der Waals surface area contributed by atoms with E-state index in [0.29, 0.717) is 19.0 Å². The summed E-state index contributed by atoms with van der Waals surface area (Å²) in [5.41, 5.74) is 3.57. The van der Waals surface area contributed by atoms with E-state index in [-0.39, 0.29) is 24.0 Å². The summed E-state index contributed by atoms with van der Waals surface area (Å²) in [4.78, 5) is 7.19. The molecule has 31 heavy (non-hydrogen) atoms. The maximum absolute atomic E-state index is 5.51. The fraction of sp³-hybridized carbons (Fsp3) is 0.565. The van der Waals surface area contributed by atoms with Crippen LogP contribution in [-0.2, 0) is 13.1 Å². The second kappa shape index (κ2) is 13.9. The first-order chi connectivity index (χ1) is 14.7. The summed E-state index contributed by atoms with van der Waals surface area (Å²) in [6.07, 6.45) is 2.16. The molecule has 1 aromatic heterocycles. The van der Waals surface area contributed by atoms with E-state index in [9.17, 15) is 0 Å². The van der Waals surface area contributed by atoms with Crippen molar-refractivity contribution in [2.24, 2.45) is 4.99 Å². The lowest BCUT2D eigenvalue weighted by atomic mass is 9.99. The molecule has 0 bridgehead atoms. The van der Waals surface area contributed by atoms with Gasteiger partial charge in [-0.3, -0.25) is 0 Å². The zero-order chi connectivity index (χ0) is 21.2. The van der Waals surface area contributed by atoms with Gasteiger partial charge in [0.1, 0.15) is 0 Å². The molecule has 0 amide bonds. The largest absolute Gasteiger partial charge is 0.370 e. The zero-order valence-corrected chi connectivity index (χ0v) is 22.0.